The first-order valence-electron chi connectivity index (χ1n) is 5.21. The Hall–Kier alpha value is -0.760. The fraction of sp³-hybridized carbons (Fsp3) is 0.667. The van der Waals surface area contributed by atoms with Gasteiger partial charge in [-0.15, -0.1) is 0 Å². The molecule has 0 radical (unpaired) electrons. The molecular weight excluding hydrogens is 174 g/mol. The molecule has 1 aromatic rings. The third kappa shape index (κ3) is 2.01. The topological polar surface area (TPSA) is 39.2 Å². The summed E-state index contributed by atoms with van der Waals surface area (Å²) in [5, 5.41) is 0. The second kappa shape index (κ2) is 3.77. The monoisotopic (exact) mass is 195 g/mol. The molecule has 2 nitrogen and oxygen atoms in total. The van der Waals surface area contributed by atoms with E-state index >= 15 is 0 Å². The maximum atomic E-state index is 6.17. The molecule has 0 spiro atoms. The van der Waals surface area contributed by atoms with E-state index in [1.54, 1.807) is 0 Å². The molecule has 0 saturated heterocycles. The summed E-state index contributed by atoms with van der Waals surface area (Å²) in [7, 11) is 0. The van der Waals surface area contributed by atoms with Crippen LogP contribution in [0.2, 0.25) is 0 Å². The van der Waals surface area contributed by atoms with Gasteiger partial charge in [0.25, 0.3) is 0 Å². The smallest absolute Gasteiger partial charge is 0.121 e. The minimum Gasteiger partial charge on any atom is -0.464 e. The lowest BCUT2D eigenvalue weighted by molar-refractivity contribution is 0.245. The highest BCUT2D eigenvalue weighted by molar-refractivity contribution is 5.21. The van der Waals surface area contributed by atoms with Crippen molar-refractivity contribution < 1.29 is 4.42 Å². The summed E-state index contributed by atoms with van der Waals surface area (Å²) < 4.78 is 5.64. The lowest BCUT2D eigenvalue weighted by Gasteiger charge is -2.28. The maximum Gasteiger partial charge on any atom is 0.121 e. The fourth-order valence-electron chi connectivity index (χ4n) is 1.36. The summed E-state index contributed by atoms with van der Waals surface area (Å²) in [6, 6.07) is 2.04. The SMILES string of the molecule is CCC(C)(C)[C@@H](N)c1cc(C)c(C)o1. The van der Waals surface area contributed by atoms with Crippen LogP contribution in [0.1, 0.15) is 50.3 Å². The van der Waals surface area contributed by atoms with E-state index in [0.29, 0.717) is 0 Å². The van der Waals surface area contributed by atoms with E-state index in [4.69, 9.17) is 10.2 Å². The van der Waals surface area contributed by atoms with Gasteiger partial charge in [0.05, 0.1) is 6.04 Å². The maximum absolute atomic E-state index is 6.17. The molecule has 2 N–H and O–H groups in total. The molecule has 1 atom stereocenters. The Kier molecular flexibility index (Phi) is 3.05. The van der Waals surface area contributed by atoms with Crippen LogP contribution >= 0.6 is 0 Å². The van der Waals surface area contributed by atoms with Crippen molar-refractivity contribution in [2.75, 3.05) is 0 Å². The number of furan rings is 1. The van der Waals surface area contributed by atoms with Crippen molar-refractivity contribution >= 4 is 0 Å². The van der Waals surface area contributed by atoms with Gasteiger partial charge in [-0.05, 0) is 37.3 Å². The highest BCUT2D eigenvalue weighted by Crippen LogP contribution is 2.35. The molecule has 1 heterocycles. The number of nitrogens with two attached hydrogens (primary N) is 1. The Labute approximate surface area is 86.5 Å². The Morgan fingerprint density at radius 1 is 1.43 bits per heavy atom. The average Bonchev–Trinajstić information content (AvgIpc) is 2.45. The summed E-state index contributed by atoms with van der Waals surface area (Å²) in [6.07, 6.45) is 1.05. The zero-order chi connectivity index (χ0) is 10.9. The van der Waals surface area contributed by atoms with Gasteiger partial charge < -0.3 is 10.2 Å². The number of rotatable bonds is 3. The lowest BCUT2D eigenvalue weighted by Crippen LogP contribution is -2.28. The van der Waals surface area contributed by atoms with E-state index in [9.17, 15) is 0 Å². The third-order valence-corrected chi connectivity index (χ3v) is 3.24. The van der Waals surface area contributed by atoms with Gasteiger partial charge in [-0.1, -0.05) is 20.8 Å². The van der Waals surface area contributed by atoms with Gasteiger partial charge in [0.2, 0.25) is 0 Å². The lowest BCUT2D eigenvalue weighted by atomic mass is 9.81. The van der Waals surface area contributed by atoms with Gasteiger partial charge in [0.15, 0.2) is 0 Å². The van der Waals surface area contributed by atoms with Crippen molar-refractivity contribution in [2.45, 2.75) is 47.1 Å². The van der Waals surface area contributed by atoms with Crippen molar-refractivity contribution in [1.82, 2.24) is 0 Å². The molecule has 14 heavy (non-hydrogen) atoms. The molecule has 0 aliphatic carbocycles. The third-order valence-electron chi connectivity index (χ3n) is 3.24. The zero-order valence-electron chi connectivity index (χ0n) is 9.85. The molecule has 80 valence electrons. The van der Waals surface area contributed by atoms with E-state index in [1.807, 2.05) is 13.8 Å². The first-order chi connectivity index (χ1) is 6.38. The first-order valence-corrected chi connectivity index (χ1v) is 5.21. The molecule has 1 aromatic heterocycles. The van der Waals surface area contributed by atoms with Crippen molar-refractivity contribution in [3.63, 3.8) is 0 Å². The van der Waals surface area contributed by atoms with E-state index in [1.165, 1.54) is 5.56 Å². The Bertz CT molecular complexity index is 293. The summed E-state index contributed by atoms with van der Waals surface area (Å²) in [4.78, 5) is 0. The minimum atomic E-state index is -0.0140. The van der Waals surface area contributed by atoms with Crippen molar-refractivity contribution in [3.8, 4) is 0 Å². The molecule has 0 aromatic carbocycles. The summed E-state index contributed by atoms with van der Waals surface area (Å²) in [5.74, 6) is 1.88. The standard InChI is InChI=1S/C12H21NO/c1-6-12(4,5)11(13)10-7-8(2)9(3)14-10/h7,11H,6,13H2,1-5H3/t11-/m0/s1. The molecule has 0 saturated carbocycles. The second-order valence-corrected chi connectivity index (χ2v) is 4.71. The second-order valence-electron chi connectivity index (χ2n) is 4.71. The van der Waals surface area contributed by atoms with E-state index in [0.717, 1.165) is 17.9 Å². The highest BCUT2D eigenvalue weighted by atomic mass is 16.3. The Morgan fingerprint density at radius 2 is 2.00 bits per heavy atom. The zero-order valence-corrected chi connectivity index (χ0v) is 9.85. The molecule has 0 unspecified atom stereocenters. The average molecular weight is 195 g/mol. The van der Waals surface area contributed by atoms with Gasteiger partial charge in [-0.3, -0.25) is 0 Å². The predicted octanol–water partition coefficient (Wildman–Crippen LogP) is 3.33. The summed E-state index contributed by atoms with van der Waals surface area (Å²) in [6.45, 7) is 10.5. The van der Waals surface area contributed by atoms with Crippen LogP contribution in [-0.4, -0.2) is 0 Å². The summed E-state index contributed by atoms with van der Waals surface area (Å²) >= 11 is 0. The Balaban J connectivity index is 2.94. The highest BCUT2D eigenvalue weighted by Gasteiger charge is 2.28. The van der Waals surface area contributed by atoms with Crippen molar-refractivity contribution in [2.24, 2.45) is 11.1 Å². The van der Waals surface area contributed by atoms with Gasteiger partial charge in [-0.25, -0.2) is 0 Å². The molecule has 0 aliphatic rings. The number of aryl methyl sites for hydroxylation is 2. The molecule has 1 rings (SSSR count). The van der Waals surface area contributed by atoms with Crippen LogP contribution in [0, 0.1) is 19.3 Å². The quantitative estimate of drug-likeness (QED) is 0.803. The van der Waals surface area contributed by atoms with Gasteiger partial charge >= 0.3 is 0 Å². The molecule has 0 bridgehead atoms. The van der Waals surface area contributed by atoms with E-state index in [2.05, 4.69) is 26.8 Å². The van der Waals surface area contributed by atoms with Gasteiger partial charge in [-0.2, -0.15) is 0 Å². The van der Waals surface area contributed by atoms with Gasteiger partial charge in [0.1, 0.15) is 11.5 Å². The van der Waals surface area contributed by atoms with Crippen LogP contribution in [-0.2, 0) is 0 Å². The molecule has 0 aliphatic heterocycles. The summed E-state index contributed by atoms with van der Waals surface area (Å²) in [5.41, 5.74) is 7.45. The van der Waals surface area contributed by atoms with Crippen LogP contribution in [0.4, 0.5) is 0 Å². The van der Waals surface area contributed by atoms with Crippen LogP contribution in [0.15, 0.2) is 10.5 Å². The first kappa shape index (κ1) is 11.3. The molecular formula is C12H21NO. The van der Waals surface area contributed by atoms with Crippen LogP contribution in [0.25, 0.3) is 0 Å². The number of hydrogen-bond acceptors (Lipinski definition) is 2. The molecule has 0 amide bonds. The van der Waals surface area contributed by atoms with Crippen LogP contribution in [0.3, 0.4) is 0 Å². The van der Waals surface area contributed by atoms with Crippen molar-refractivity contribution in [1.29, 1.82) is 0 Å². The largest absolute Gasteiger partial charge is 0.464 e. The minimum absolute atomic E-state index is 0.0140. The fourth-order valence-corrected chi connectivity index (χ4v) is 1.36. The van der Waals surface area contributed by atoms with Crippen molar-refractivity contribution in [3.05, 3.63) is 23.2 Å². The van der Waals surface area contributed by atoms with Crippen LogP contribution in [0.5, 0.6) is 0 Å². The normalized spacial score (nSPS) is 14.4. The van der Waals surface area contributed by atoms with E-state index in [-0.39, 0.29) is 11.5 Å². The molecule has 0 fully saturated rings. The molecule has 2 heteroatoms. The Morgan fingerprint density at radius 3 is 2.36 bits per heavy atom. The predicted molar refractivity (Wildman–Crippen MR) is 59.2 cm³/mol. The number of hydrogen-bond donors (Lipinski definition) is 1. The van der Waals surface area contributed by atoms with Crippen LogP contribution < -0.4 is 5.73 Å². The van der Waals surface area contributed by atoms with Gasteiger partial charge in [0, 0.05) is 0 Å². The van der Waals surface area contributed by atoms with E-state index < -0.39 is 0 Å².